The lowest BCUT2D eigenvalue weighted by atomic mass is 10.1. The van der Waals surface area contributed by atoms with E-state index in [1.165, 1.54) is 11.6 Å². The first-order valence-corrected chi connectivity index (χ1v) is 5.19. The van der Waals surface area contributed by atoms with E-state index >= 15 is 0 Å². The van der Waals surface area contributed by atoms with Crippen LogP contribution in [0.1, 0.15) is 12.5 Å². The molecule has 1 N–H and O–H groups in total. The third-order valence-electron chi connectivity index (χ3n) is 1.81. The normalized spacial score (nSPS) is 11.9. The predicted octanol–water partition coefficient (Wildman–Crippen LogP) is 3.21. The summed E-state index contributed by atoms with van der Waals surface area (Å²) >= 11 is 3.12. The quantitative estimate of drug-likeness (QED) is 0.877. The molecule has 0 aromatic heterocycles. The Kier molecular flexibility index (Phi) is 4.29. The van der Waals surface area contributed by atoms with Gasteiger partial charge in [-0.15, -0.1) is 0 Å². The van der Waals surface area contributed by atoms with Gasteiger partial charge in [0.1, 0.15) is 5.82 Å². The second kappa shape index (κ2) is 5.27. The van der Waals surface area contributed by atoms with Gasteiger partial charge in [0.05, 0.1) is 4.47 Å². The van der Waals surface area contributed by atoms with Gasteiger partial charge in [-0.25, -0.2) is 4.39 Å². The van der Waals surface area contributed by atoms with E-state index in [1.807, 2.05) is 26.1 Å². The Morgan fingerprint density at radius 2 is 2.29 bits per heavy atom. The van der Waals surface area contributed by atoms with Crippen molar-refractivity contribution in [3.63, 3.8) is 0 Å². The number of hydrogen-bond acceptors (Lipinski definition) is 1. The minimum Gasteiger partial charge on any atom is -0.316 e. The molecule has 0 saturated heterocycles. The molecule has 0 spiro atoms. The Labute approximate surface area is 92.1 Å². The molecular formula is C11H13BrFN. The molecule has 0 aliphatic rings. The summed E-state index contributed by atoms with van der Waals surface area (Å²) in [5, 5.41) is 3.04. The Morgan fingerprint density at radius 3 is 2.86 bits per heavy atom. The number of rotatable bonds is 3. The van der Waals surface area contributed by atoms with E-state index in [9.17, 15) is 4.39 Å². The molecule has 0 fully saturated rings. The highest BCUT2D eigenvalue weighted by atomic mass is 79.9. The van der Waals surface area contributed by atoms with E-state index in [0.29, 0.717) is 4.47 Å². The van der Waals surface area contributed by atoms with Gasteiger partial charge < -0.3 is 5.32 Å². The second-order valence-electron chi connectivity index (χ2n) is 3.19. The molecule has 76 valence electrons. The molecule has 1 aromatic rings. The first kappa shape index (κ1) is 11.4. The lowest BCUT2D eigenvalue weighted by molar-refractivity contribution is 0.621. The van der Waals surface area contributed by atoms with Gasteiger partial charge in [0.25, 0.3) is 0 Å². The van der Waals surface area contributed by atoms with Crippen LogP contribution >= 0.6 is 15.9 Å². The zero-order valence-corrected chi connectivity index (χ0v) is 9.86. The molecule has 0 aliphatic heterocycles. The first-order valence-electron chi connectivity index (χ1n) is 4.40. The highest BCUT2D eigenvalue weighted by Crippen LogP contribution is 2.17. The van der Waals surface area contributed by atoms with Crippen molar-refractivity contribution in [3.8, 4) is 0 Å². The van der Waals surface area contributed by atoms with E-state index in [-0.39, 0.29) is 5.82 Å². The van der Waals surface area contributed by atoms with E-state index in [2.05, 4.69) is 21.2 Å². The Morgan fingerprint density at radius 1 is 1.57 bits per heavy atom. The number of hydrogen-bond donors (Lipinski definition) is 1. The Bertz CT molecular complexity index is 347. The van der Waals surface area contributed by atoms with Crippen LogP contribution in [0, 0.1) is 5.82 Å². The fourth-order valence-electron chi connectivity index (χ4n) is 1.22. The van der Waals surface area contributed by atoms with Gasteiger partial charge >= 0.3 is 0 Å². The van der Waals surface area contributed by atoms with Gasteiger partial charge in [0, 0.05) is 6.54 Å². The molecule has 0 bridgehead atoms. The lowest BCUT2D eigenvalue weighted by Gasteiger charge is -2.01. The summed E-state index contributed by atoms with van der Waals surface area (Å²) in [7, 11) is 1.89. The second-order valence-corrected chi connectivity index (χ2v) is 4.05. The van der Waals surface area contributed by atoms with Crippen LogP contribution in [0.5, 0.6) is 0 Å². The van der Waals surface area contributed by atoms with Crippen LogP contribution in [-0.4, -0.2) is 13.6 Å². The highest BCUT2D eigenvalue weighted by Gasteiger charge is 1.98. The molecular weight excluding hydrogens is 245 g/mol. The average Bonchev–Trinajstić information content (AvgIpc) is 2.12. The van der Waals surface area contributed by atoms with Crippen LogP contribution < -0.4 is 5.32 Å². The SMILES string of the molecule is CNC/C(C)=C/c1ccc(Br)c(F)c1. The Balaban J connectivity index is 2.87. The molecule has 1 rings (SSSR count). The van der Waals surface area contributed by atoms with E-state index in [0.717, 1.165) is 12.1 Å². The van der Waals surface area contributed by atoms with Crippen molar-refractivity contribution >= 4 is 22.0 Å². The lowest BCUT2D eigenvalue weighted by Crippen LogP contribution is -2.08. The number of likely N-dealkylation sites (N-methyl/N-ethyl adjacent to an activating group) is 1. The maximum atomic E-state index is 13.1. The molecule has 0 saturated carbocycles. The zero-order valence-electron chi connectivity index (χ0n) is 8.27. The van der Waals surface area contributed by atoms with Gasteiger partial charge in [-0.2, -0.15) is 0 Å². The predicted molar refractivity (Wildman–Crippen MR) is 61.7 cm³/mol. The maximum absolute atomic E-state index is 13.1. The van der Waals surface area contributed by atoms with Crippen LogP contribution in [0.25, 0.3) is 6.08 Å². The molecule has 3 heteroatoms. The van der Waals surface area contributed by atoms with E-state index in [1.54, 1.807) is 6.07 Å². The fourth-order valence-corrected chi connectivity index (χ4v) is 1.46. The van der Waals surface area contributed by atoms with Crippen molar-refractivity contribution in [2.45, 2.75) is 6.92 Å². The molecule has 0 heterocycles. The average molecular weight is 258 g/mol. The third-order valence-corrected chi connectivity index (χ3v) is 2.46. The van der Waals surface area contributed by atoms with Crippen molar-refractivity contribution in [2.24, 2.45) is 0 Å². The number of halogens is 2. The Hall–Kier alpha value is -0.670. The standard InChI is InChI=1S/C11H13BrFN/c1-8(7-14-2)5-9-3-4-10(12)11(13)6-9/h3-6,14H,7H2,1-2H3/b8-5+. The number of nitrogens with one attached hydrogen (secondary N) is 1. The molecule has 0 radical (unpaired) electrons. The van der Waals surface area contributed by atoms with Crippen LogP contribution in [-0.2, 0) is 0 Å². The van der Waals surface area contributed by atoms with Gasteiger partial charge in [-0.1, -0.05) is 17.7 Å². The van der Waals surface area contributed by atoms with Crippen LogP contribution in [0.4, 0.5) is 4.39 Å². The number of benzene rings is 1. The van der Waals surface area contributed by atoms with Gasteiger partial charge in [-0.3, -0.25) is 0 Å². The zero-order chi connectivity index (χ0) is 10.6. The summed E-state index contributed by atoms with van der Waals surface area (Å²) in [6, 6.07) is 5.11. The molecule has 0 aliphatic carbocycles. The largest absolute Gasteiger partial charge is 0.316 e. The summed E-state index contributed by atoms with van der Waals surface area (Å²) in [5.74, 6) is -0.226. The fraction of sp³-hybridized carbons (Fsp3) is 0.273. The minimum atomic E-state index is -0.226. The van der Waals surface area contributed by atoms with Crippen molar-refractivity contribution in [3.05, 3.63) is 39.6 Å². The molecule has 0 unspecified atom stereocenters. The van der Waals surface area contributed by atoms with Gasteiger partial charge in [0.2, 0.25) is 0 Å². The summed E-state index contributed by atoms with van der Waals surface area (Å²) in [6.45, 7) is 2.83. The molecule has 14 heavy (non-hydrogen) atoms. The van der Waals surface area contributed by atoms with Crippen LogP contribution in [0.2, 0.25) is 0 Å². The molecule has 1 aromatic carbocycles. The van der Waals surface area contributed by atoms with Gasteiger partial charge in [-0.05, 0) is 47.6 Å². The molecule has 0 amide bonds. The monoisotopic (exact) mass is 257 g/mol. The summed E-state index contributed by atoms with van der Waals surface area (Å²) < 4.78 is 13.6. The van der Waals surface area contributed by atoms with Crippen LogP contribution in [0.3, 0.4) is 0 Å². The van der Waals surface area contributed by atoms with Crippen molar-refractivity contribution in [1.29, 1.82) is 0 Å². The maximum Gasteiger partial charge on any atom is 0.137 e. The summed E-state index contributed by atoms with van der Waals surface area (Å²) in [5.41, 5.74) is 2.06. The summed E-state index contributed by atoms with van der Waals surface area (Å²) in [6.07, 6.45) is 1.96. The molecule has 0 atom stereocenters. The van der Waals surface area contributed by atoms with Crippen molar-refractivity contribution in [2.75, 3.05) is 13.6 Å². The smallest absolute Gasteiger partial charge is 0.137 e. The minimum absolute atomic E-state index is 0.226. The summed E-state index contributed by atoms with van der Waals surface area (Å²) in [4.78, 5) is 0. The van der Waals surface area contributed by atoms with E-state index in [4.69, 9.17) is 0 Å². The van der Waals surface area contributed by atoms with Gasteiger partial charge in [0.15, 0.2) is 0 Å². The van der Waals surface area contributed by atoms with Crippen molar-refractivity contribution in [1.82, 2.24) is 5.32 Å². The van der Waals surface area contributed by atoms with E-state index < -0.39 is 0 Å². The molecule has 1 nitrogen and oxygen atoms in total. The van der Waals surface area contributed by atoms with Crippen molar-refractivity contribution < 1.29 is 4.39 Å². The topological polar surface area (TPSA) is 12.0 Å². The van der Waals surface area contributed by atoms with Crippen LogP contribution in [0.15, 0.2) is 28.2 Å². The third kappa shape index (κ3) is 3.24. The first-order chi connectivity index (χ1) is 6.63. The highest BCUT2D eigenvalue weighted by molar-refractivity contribution is 9.10.